The second-order valence-electron chi connectivity index (χ2n) is 5.30. The smallest absolute Gasteiger partial charge is 0.309 e. The van der Waals surface area contributed by atoms with Gasteiger partial charge in [0.2, 0.25) is 0 Å². The van der Waals surface area contributed by atoms with Crippen molar-refractivity contribution in [2.45, 2.75) is 9.65 Å². The molecule has 4 bridgehead atoms. The minimum absolute atomic E-state index is 0.0518. The highest BCUT2D eigenvalue weighted by Gasteiger charge is 2.78. The molecule has 0 spiro atoms. The summed E-state index contributed by atoms with van der Waals surface area (Å²) in [7, 11) is 2.85. The van der Waals surface area contributed by atoms with Crippen LogP contribution in [0.5, 0.6) is 0 Å². The van der Waals surface area contributed by atoms with Gasteiger partial charge in [0.15, 0.2) is 0 Å². The van der Waals surface area contributed by atoms with E-state index in [1.165, 1.54) is 14.2 Å². The molecule has 0 aromatic carbocycles. The highest BCUT2D eigenvalue weighted by molar-refractivity contribution is 9.12. The van der Waals surface area contributed by atoms with Gasteiger partial charge in [-0.25, -0.2) is 0 Å². The van der Waals surface area contributed by atoms with Gasteiger partial charge in [0, 0.05) is 9.65 Å². The summed E-state index contributed by atoms with van der Waals surface area (Å²) in [5, 5.41) is 0. The predicted molar refractivity (Wildman–Crippen MR) is 70.4 cm³/mol. The highest BCUT2D eigenvalue weighted by Crippen LogP contribution is 2.74. The van der Waals surface area contributed by atoms with Gasteiger partial charge in [-0.05, 0) is 23.7 Å². The van der Waals surface area contributed by atoms with Crippen molar-refractivity contribution in [2.24, 2.45) is 35.5 Å². The zero-order valence-electron chi connectivity index (χ0n) is 10.0. The third-order valence-electron chi connectivity index (χ3n) is 4.98. The van der Waals surface area contributed by atoms with Crippen LogP contribution < -0.4 is 0 Å². The molecule has 4 aliphatic carbocycles. The first-order chi connectivity index (χ1) is 8.54. The summed E-state index contributed by atoms with van der Waals surface area (Å²) in [5.74, 6) is 0.543. The number of methoxy groups -OCH3 is 2. The second-order valence-corrected chi connectivity index (χ2v) is 7.41. The molecule has 0 radical (unpaired) electrons. The molecule has 8 atom stereocenters. The maximum atomic E-state index is 11.8. The molecule has 0 unspecified atom stereocenters. The number of alkyl halides is 2. The second kappa shape index (κ2) is 4.20. The van der Waals surface area contributed by atoms with Crippen LogP contribution >= 0.6 is 31.9 Å². The van der Waals surface area contributed by atoms with Gasteiger partial charge in [-0.1, -0.05) is 31.9 Å². The molecule has 4 saturated carbocycles. The molecule has 0 heterocycles. The first-order valence-corrected chi connectivity index (χ1v) is 7.81. The summed E-state index contributed by atoms with van der Waals surface area (Å²) in [6.07, 6.45) is 0. The van der Waals surface area contributed by atoms with E-state index in [4.69, 9.17) is 9.47 Å². The maximum Gasteiger partial charge on any atom is 0.309 e. The summed E-state index contributed by atoms with van der Waals surface area (Å²) in [6, 6.07) is 0. The number of esters is 2. The zero-order valence-corrected chi connectivity index (χ0v) is 13.2. The summed E-state index contributed by atoms with van der Waals surface area (Å²) in [5.41, 5.74) is 0. The van der Waals surface area contributed by atoms with Crippen LogP contribution in [-0.2, 0) is 19.1 Å². The minimum Gasteiger partial charge on any atom is -0.469 e. The molecule has 0 aliphatic heterocycles. The van der Waals surface area contributed by atoms with E-state index >= 15 is 0 Å². The number of carbonyl (C=O) groups excluding carboxylic acids is 2. The largest absolute Gasteiger partial charge is 0.469 e. The van der Waals surface area contributed by atoms with Gasteiger partial charge >= 0.3 is 11.9 Å². The van der Waals surface area contributed by atoms with E-state index < -0.39 is 0 Å². The Labute approximate surface area is 122 Å². The van der Waals surface area contributed by atoms with Gasteiger partial charge in [-0.2, -0.15) is 0 Å². The monoisotopic (exact) mass is 380 g/mol. The van der Waals surface area contributed by atoms with E-state index in [-0.39, 0.29) is 57.1 Å². The fraction of sp³-hybridized carbons (Fsp3) is 0.833. The van der Waals surface area contributed by atoms with Crippen molar-refractivity contribution in [3.8, 4) is 0 Å². The molecular formula is C12H14Br2O4. The van der Waals surface area contributed by atoms with E-state index in [1.807, 2.05) is 0 Å². The lowest BCUT2D eigenvalue weighted by molar-refractivity contribution is -0.247. The third-order valence-corrected chi connectivity index (χ3v) is 8.05. The topological polar surface area (TPSA) is 52.6 Å². The molecule has 0 saturated heterocycles. The molecule has 0 amide bonds. The van der Waals surface area contributed by atoms with Crippen molar-refractivity contribution >= 4 is 43.8 Å². The first kappa shape index (κ1) is 12.9. The highest BCUT2D eigenvalue weighted by atomic mass is 79.9. The van der Waals surface area contributed by atoms with E-state index in [2.05, 4.69) is 31.9 Å². The van der Waals surface area contributed by atoms with Gasteiger partial charge in [0.25, 0.3) is 0 Å². The molecule has 4 fully saturated rings. The number of halogens is 2. The Kier molecular flexibility index (Phi) is 3.01. The molecule has 4 rings (SSSR count). The molecule has 0 aromatic heterocycles. The Morgan fingerprint density at radius 1 is 0.778 bits per heavy atom. The lowest BCUT2D eigenvalue weighted by atomic mass is 9.32. The van der Waals surface area contributed by atoms with Crippen LogP contribution in [-0.4, -0.2) is 35.8 Å². The Bertz CT molecular complexity index is 375. The van der Waals surface area contributed by atoms with Crippen molar-refractivity contribution in [2.75, 3.05) is 14.2 Å². The number of fused-ring (bicyclic) bond motifs is 1. The molecule has 0 aromatic rings. The Balaban J connectivity index is 1.87. The Morgan fingerprint density at radius 3 is 1.39 bits per heavy atom. The molecule has 4 nitrogen and oxygen atoms in total. The van der Waals surface area contributed by atoms with Gasteiger partial charge in [0.1, 0.15) is 0 Å². The van der Waals surface area contributed by atoms with Crippen LogP contribution in [0.15, 0.2) is 0 Å². The molecular weight excluding hydrogens is 368 g/mol. The van der Waals surface area contributed by atoms with Crippen LogP contribution in [0.25, 0.3) is 0 Å². The van der Waals surface area contributed by atoms with E-state index in [0.717, 1.165) is 0 Å². The van der Waals surface area contributed by atoms with Gasteiger partial charge in [-0.15, -0.1) is 0 Å². The number of hydrogen-bond acceptors (Lipinski definition) is 4. The van der Waals surface area contributed by atoms with Crippen LogP contribution in [0.2, 0.25) is 0 Å². The third kappa shape index (κ3) is 1.31. The molecule has 0 N–H and O–H groups in total. The maximum absolute atomic E-state index is 11.8. The van der Waals surface area contributed by atoms with Crippen molar-refractivity contribution < 1.29 is 19.1 Å². The Morgan fingerprint density at radius 2 is 1.11 bits per heavy atom. The quantitative estimate of drug-likeness (QED) is 0.538. The lowest BCUT2D eigenvalue weighted by Crippen LogP contribution is -2.78. The van der Waals surface area contributed by atoms with Crippen LogP contribution in [0.1, 0.15) is 0 Å². The van der Waals surface area contributed by atoms with Gasteiger partial charge in [-0.3, -0.25) is 9.59 Å². The van der Waals surface area contributed by atoms with Crippen molar-refractivity contribution in [3.63, 3.8) is 0 Å². The van der Waals surface area contributed by atoms with Crippen LogP contribution in [0, 0.1) is 35.5 Å². The molecule has 18 heavy (non-hydrogen) atoms. The van der Waals surface area contributed by atoms with Crippen molar-refractivity contribution in [3.05, 3.63) is 0 Å². The summed E-state index contributed by atoms with van der Waals surface area (Å²) in [6.45, 7) is 0. The average Bonchev–Trinajstić information content (AvgIpc) is 2.34. The van der Waals surface area contributed by atoms with Crippen molar-refractivity contribution in [1.29, 1.82) is 0 Å². The number of rotatable bonds is 2. The summed E-state index contributed by atoms with van der Waals surface area (Å²) < 4.78 is 9.75. The van der Waals surface area contributed by atoms with E-state index in [1.54, 1.807) is 0 Å². The van der Waals surface area contributed by atoms with Gasteiger partial charge < -0.3 is 9.47 Å². The summed E-state index contributed by atoms with van der Waals surface area (Å²) in [4.78, 5) is 24.0. The zero-order chi connectivity index (χ0) is 13.2. The molecule has 100 valence electrons. The fourth-order valence-electron chi connectivity index (χ4n) is 4.32. The predicted octanol–water partition coefficient (Wildman–Crippen LogP) is 1.60. The first-order valence-electron chi connectivity index (χ1n) is 5.98. The van der Waals surface area contributed by atoms with Crippen LogP contribution in [0.4, 0.5) is 0 Å². The number of ether oxygens (including phenoxy) is 2. The normalized spacial score (nSPS) is 51.8. The molecule has 4 aliphatic rings. The average molecular weight is 382 g/mol. The standard InChI is InChI=1S/C12H14Br2O4/c1-17-11(15)7-3-4-5(7)9(13)10(14)6(3)8(4)12(16)18-2/h3-10H,1-2H3/t3-,4+,5+,6-,7-,8+,9-,10-/m0/s1. The number of carbonyl (C=O) groups is 2. The van der Waals surface area contributed by atoms with Crippen molar-refractivity contribution in [1.82, 2.24) is 0 Å². The SMILES string of the molecule is COC(=O)[C@@H]1[C@@H]2[C@@H]3[C@H](C(=O)OC)[C@@H]2[C@H](Br)[C@@H](Br)[C@H]13. The van der Waals surface area contributed by atoms with E-state index in [0.29, 0.717) is 0 Å². The Hall–Kier alpha value is -0.100. The van der Waals surface area contributed by atoms with E-state index in [9.17, 15) is 9.59 Å². The summed E-state index contributed by atoms with van der Waals surface area (Å²) >= 11 is 7.31. The number of hydrogen-bond donors (Lipinski definition) is 0. The van der Waals surface area contributed by atoms with Crippen LogP contribution in [0.3, 0.4) is 0 Å². The van der Waals surface area contributed by atoms with Gasteiger partial charge in [0.05, 0.1) is 26.1 Å². The minimum atomic E-state index is -0.140. The molecule has 6 heteroatoms. The lowest BCUT2D eigenvalue weighted by Gasteiger charge is -2.73. The fourth-order valence-corrected chi connectivity index (χ4v) is 6.39.